The van der Waals surface area contributed by atoms with Gasteiger partial charge in [0.05, 0.1) is 0 Å². The Balaban J connectivity index is 1.99. The number of nitrogens with zero attached hydrogens (tertiary/aromatic N) is 1. The minimum Gasteiger partial charge on any atom is -0.356 e. The Morgan fingerprint density at radius 3 is 2.11 bits per heavy atom. The lowest BCUT2D eigenvalue weighted by Gasteiger charge is -2.08. The van der Waals surface area contributed by atoms with E-state index < -0.39 is 0 Å². The first kappa shape index (κ1) is 19.5. The molecule has 0 aliphatic heterocycles. The molecule has 0 saturated carbocycles. The molecule has 1 amide bonds. The van der Waals surface area contributed by atoms with Gasteiger partial charge in [-0.1, -0.05) is 60.7 Å². The molecule has 0 aliphatic rings. The average molecular weight is 392 g/mol. The van der Waals surface area contributed by atoms with Gasteiger partial charge in [0.25, 0.3) is 5.15 Å². The fraction of sp³-hybridized carbons (Fsp3) is 0.0870. The third kappa shape index (κ3) is 4.72. The van der Waals surface area contributed by atoms with E-state index in [2.05, 4.69) is 5.32 Å². The lowest BCUT2D eigenvalue weighted by molar-refractivity contribution is -0.681. The van der Waals surface area contributed by atoms with Gasteiger partial charge in [0.2, 0.25) is 18.2 Å². The highest BCUT2D eigenvalue weighted by Crippen LogP contribution is 2.23. The molecule has 0 aliphatic carbocycles. The summed E-state index contributed by atoms with van der Waals surface area (Å²) in [6.07, 6.45) is 3.34. The van der Waals surface area contributed by atoms with Crippen LogP contribution in [0.1, 0.15) is 21.5 Å². The van der Waals surface area contributed by atoms with E-state index in [1.54, 1.807) is 42.1 Å². The third-order valence-corrected chi connectivity index (χ3v) is 4.64. The molecule has 1 heterocycles. The van der Waals surface area contributed by atoms with Crippen molar-refractivity contribution in [1.29, 1.82) is 0 Å². The van der Waals surface area contributed by atoms with Crippen LogP contribution in [0.25, 0.3) is 5.57 Å². The number of hydrogen-bond acceptors (Lipinski definition) is 2. The van der Waals surface area contributed by atoms with E-state index in [0.29, 0.717) is 10.7 Å². The quantitative estimate of drug-likeness (QED) is 0.301. The topological polar surface area (TPSA) is 50.1 Å². The van der Waals surface area contributed by atoms with Crippen LogP contribution < -0.4 is 9.88 Å². The molecule has 0 spiro atoms. The number of aromatic nitrogens is 1. The zero-order valence-corrected chi connectivity index (χ0v) is 16.2. The number of nitrogens with one attached hydrogen (secondary N) is 1. The maximum absolute atomic E-state index is 12.6. The lowest BCUT2D eigenvalue weighted by atomic mass is 9.98. The molecule has 0 bridgehead atoms. The van der Waals surface area contributed by atoms with Gasteiger partial charge in [-0.2, -0.15) is 4.57 Å². The molecule has 1 aromatic heterocycles. The number of pyridine rings is 1. The molecule has 0 unspecified atom stereocenters. The molecule has 140 valence electrons. The van der Waals surface area contributed by atoms with Crippen molar-refractivity contribution in [2.24, 2.45) is 0 Å². The summed E-state index contributed by atoms with van der Waals surface area (Å²) in [5.74, 6) is -0.248. The van der Waals surface area contributed by atoms with E-state index in [9.17, 15) is 9.59 Å². The zero-order valence-electron chi connectivity index (χ0n) is 15.4. The smallest absolute Gasteiger partial charge is 0.275 e. The normalized spacial score (nSPS) is 11.1. The minimum absolute atomic E-state index is 0.0406. The van der Waals surface area contributed by atoms with Gasteiger partial charge in [-0.15, -0.1) is 0 Å². The summed E-state index contributed by atoms with van der Waals surface area (Å²) in [4.78, 5) is 24.6. The maximum Gasteiger partial charge on any atom is 0.275 e. The second-order valence-electron chi connectivity index (χ2n) is 6.20. The minimum atomic E-state index is -0.208. The highest BCUT2D eigenvalue weighted by molar-refractivity contribution is 6.28. The summed E-state index contributed by atoms with van der Waals surface area (Å²) in [7, 11) is 1.59. The van der Waals surface area contributed by atoms with Crippen molar-refractivity contribution in [2.45, 2.75) is 6.54 Å². The Hall–Kier alpha value is -3.24. The number of ketones is 1. The van der Waals surface area contributed by atoms with Crippen molar-refractivity contribution in [3.63, 3.8) is 0 Å². The van der Waals surface area contributed by atoms with E-state index in [1.807, 2.05) is 54.6 Å². The van der Waals surface area contributed by atoms with Gasteiger partial charge in [0.1, 0.15) is 0 Å². The number of hydrogen-bond donors (Lipinski definition) is 1. The van der Waals surface area contributed by atoms with Crippen LogP contribution in [0.2, 0.25) is 5.15 Å². The third-order valence-electron chi connectivity index (χ3n) is 4.30. The van der Waals surface area contributed by atoms with Crippen LogP contribution in [-0.4, -0.2) is 18.7 Å². The summed E-state index contributed by atoms with van der Waals surface area (Å²) < 4.78 is 1.69. The Kier molecular flexibility index (Phi) is 6.35. The molecule has 0 fully saturated rings. The van der Waals surface area contributed by atoms with Crippen LogP contribution in [0.4, 0.5) is 0 Å². The fourth-order valence-corrected chi connectivity index (χ4v) is 3.00. The van der Waals surface area contributed by atoms with Crippen molar-refractivity contribution in [3.05, 3.63) is 107 Å². The standard InChI is InChI=1S/C23H19ClN2O2/c1-25-23(28)14-20(17-8-4-2-5-9-17)19-12-13-22(24)26(15-19)16-21(27)18-10-6-3-7-11-18/h2-15H,16H2,1H3/p+1/b20-14+. The number of rotatable bonds is 6. The molecule has 0 atom stereocenters. The van der Waals surface area contributed by atoms with Crippen molar-refractivity contribution in [1.82, 2.24) is 5.32 Å². The molecule has 3 rings (SSSR count). The number of benzene rings is 2. The monoisotopic (exact) mass is 391 g/mol. The second-order valence-corrected chi connectivity index (χ2v) is 6.58. The molecule has 3 aromatic rings. The van der Waals surface area contributed by atoms with Crippen molar-refractivity contribution in [2.75, 3.05) is 7.05 Å². The summed E-state index contributed by atoms with van der Waals surface area (Å²) in [6.45, 7) is 0.110. The molecule has 28 heavy (non-hydrogen) atoms. The van der Waals surface area contributed by atoms with Gasteiger partial charge in [0.15, 0.2) is 6.20 Å². The van der Waals surface area contributed by atoms with Crippen molar-refractivity contribution < 1.29 is 14.2 Å². The summed E-state index contributed by atoms with van der Waals surface area (Å²) in [5, 5.41) is 3.06. The maximum atomic E-state index is 12.6. The number of halogens is 1. The Morgan fingerprint density at radius 2 is 1.50 bits per heavy atom. The molecule has 1 N–H and O–H groups in total. The number of carbonyl (C=O) groups is 2. The molecular formula is C23H20ClN2O2+. The fourth-order valence-electron chi connectivity index (χ4n) is 2.83. The first-order valence-corrected chi connectivity index (χ1v) is 9.22. The molecule has 5 heteroatoms. The van der Waals surface area contributed by atoms with Gasteiger partial charge in [-0.25, -0.2) is 0 Å². The van der Waals surface area contributed by atoms with Gasteiger partial charge in [-0.3, -0.25) is 9.59 Å². The summed E-state index contributed by atoms with van der Waals surface area (Å²) in [5.41, 5.74) is 3.06. The van der Waals surface area contributed by atoms with E-state index in [1.165, 1.54) is 0 Å². The average Bonchev–Trinajstić information content (AvgIpc) is 2.74. The summed E-state index contributed by atoms with van der Waals surface area (Å²) in [6, 6.07) is 22.3. The summed E-state index contributed by atoms with van der Waals surface area (Å²) >= 11 is 6.32. The molecule has 0 radical (unpaired) electrons. The number of Topliss-reactive ketones (excluding diaryl/α,β-unsaturated/α-hetero) is 1. The van der Waals surface area contributed by atoms with Gasteiger partial charge < -0.3 is 5.32 Å². The van der Waals surface area contributed by atoms with E-state index in [-0.39, 0.29) is 18.2 Å². The first-order valence-electron chi connectivity index (χ1n) is 8.85. The van der Waals surface area contributed by atoms with Crippen molar-refractivity contribution >= 4 is 28.9 Å². The molecule has 0 saturated heterocycles. The molecule has 2 aromatic carbocycles. The SMILES string of the molecule is CNC(=O)/C=C(\c1ccccc1)c1ccc(Cl)[n+](CC(=O)c2ccccc2)c1. The molecular weight excluding hydrogens is 372 g/mol. The van der Waals surface area contributed by atoms with Gasteiger partial charge in [-0.05, 0) is 23.2 Å². The lowest BCUT2D eigenvalue weighted by Crippen LogP contribution is -2.39. The van der Waals surface area contributed by atoms with Crippen molar-refractivity contribution in [3.8, 4) is 0 Å². The van der Waals surface area contributed by atoms with Gasteiger partial charge in [0, 0.05) is 35.9 Å². The highest BCUT2D eigenvalue weighted by atomic mass is 35.5. The number of likely N-dealkylation sites (N-methyl/N-ethyl adjacent to an activating group) is 1. The van der Waals surface area contributed by atoms with E-state index >= 15 is 0 Å². The van der Waals surface area contributed by atoms with Crippen LogP contribution in [-0.2, 0) is 11.3 Å². The predicted octanol–water partition coefficient (Wildman–Crippen LogP) is 3.69. The van der Waals surface area contributed by atoms with E-state index in [0.717, 1.165) is 16.7 Å². The van der Waals surface area contributed by atoms with Crippen LogP contribution in [0, 0.1) is 0 Å². The van der Waals surface area contributed by atoms with Crippen LogP contribution >= 0.6 is 11.6 Å². The largest absolute Gasteiger partial charge is 0.356 e. The van der Waals surface area contributed by atoms with Crippen LogP contribution in [0.15, 0.2) is 85.1 Å². The van der Waals surface area contributed by atoms with E-state index in [4.69, 9.17) is 11.6 Å². The zero-order chi connectivity index (χ0) is 19.9. The number of amides is 1. The van der Waals surface area contributed by atoms with Crippen LogP contribution in [0.3, 0.4) is 0 Å². The Labute approximate surface area is 169 Å². The van der Waals surface area contributed by atoms with Gasteiger partial charge >= 0.3 is 0 Å². The molecule has 4 nitrogen and oxygen atoms in total. The number of carbonyl (C=O) groups excluding carboxylic acids is 2. The Morgan fingerprint density at radius 1 is 0.893 bits per heavy atom. The first-order chi connectivity index (χ1) is 13.6. The Bertz CT molecular complexity index is 1020. The predicted molar refractivity (Wildman–Crippen MR) is 110 cm³/mol. The van der Waals surface area contributed by atoms with Crippen LogP contribution in [0.5, 0.6) is 0 Å². The second kappa shape index (κ2) is 9.11. The highest BCUT2D eigenvalue weighted by Gasteiger charge is 2.18.